The summed E-state index contributed by atoms with van der Waals surface area (Å²) >= 11 is 0. The van der Waals surface area contributed by atoms with Gasteiger partial charge in [0.05, 0.1) is 13.2 Å². The van der Waals surface area contributed by atoms with E-state index in [1.165, 1.54) is 193 Å². The molecule has 3 N–H and O–H groups in total. The summed E-state index contributed by atoms with van der Waals surface area (Å²) in [6.07, 6.45) is 45.7. The molecular formula is C47H94NO8P. The zero-order valence-electron chi connectivity index (χ0n) is 37.6. The Morgan fingerprint density at radius 1 is 0.456 bits per heavy atom. The second kappa shape index (κ2) is 44.6. The topological polar surface area (TPSA) is 134 Å². The fourth-order valence-electron chi connectivity index (χ4n) is 7.34. The van der Waals surface area contributed by atoms with Gasteiger partial charge in [-0.2, -0.15) is 0 Å². The van der Waals surface area contributed by atoms with Gasteiger partial charge in [0.1, 0.15) is 6.61 Å². The average Bonchev–Trinajstić information content (AvgIpc) is 3.20. The highest BCUT2D eigenvalue weighted by Gasteiger charge is 2.26. The third kappa shape index (κ3) is 44.4. The molecule has 0 rings (SSSR count). The Hall–Kier alpha value is -0.990. The maximum absolute atomic E-state index is 12.6. The number of rotatable bonds is 47. The van der Waals surface area contributed by atoms with E-state index in [2.05, 4.69) is 13.8 Å². The molecule has 0 spiro atoms. The van der Waals surface area contributed by atoms with Gasteiger partial charge in [0.25, 0.3) is 0 Å². The molecular weight excluding hydrogens is 737 g/mol. The van der Waals surface area contributed by atoms with Crippen molar-refractivity contribution in [2.75, 3.05) is 26.4 Å². The van der Waals surface area contributed by atoms with Crippen LogP contribution in [0.15, 0.2) is 0 Å². The van der Waals surface area contributed by atoms with Gasteiger partial charge in [0, 0.05) is 19.4 Å². The molecule has 0 aliphatic rings. The van der Waals surface area contributed by atoms with Crippen LogP contribution < -0.4 is 5.73 Å². The summed E-state index contributed by atoms with van der Waals surface area (Å²) in [4.78, 5) is 35.0. The molecule has 340 valence electrons. The molecule has 10 heteroatoms. The monoisotopic (exact) mass is 832 g/mol. The van der Waals surface area contributed by atoms with Crippen LogP contribution in [-0.4, -0.2) is 49.3 Å². The number of ether oxygens (including phenoxy) is 2. The second-order valence-electron chi connectivity index (χ2n) is 16.7. The van der Waals surface area contributed by atoms with Crippen molar-refractivity contribution in [2.45, 2.75) is 264 Å². The summed E-state index contributed by atoms with van der Waals surface area (Å²) in [6.45, 7) is 3.79. The lowest BCUT2D eigenvalue weighted by Crippen LogP contribution is -2.29. The maximum Gasteiger partial charge on any atom is 0.472 e. The lowest BCUT2D eigenvalue weighted by Gasteiger charge is -2.19. The SMILES string of the molecule is CCCCCCCCCCCCCCCCCCCCCCCC(=O)OC[C@H](COP(=O)(O)OCCN)OC(=O)CCCCCCCCCCCCCCCCC. The molecule has 0 saturated carbocycles. The predicted molar refractivity (Wildman–Crippen MR) is 238 cm³/mol. The standard InChI is InChI=1S/C47H94NO8P/c1-3-5-7-9-11-13-15-17-19-20-21-22-23-24-26-27-29-31-33-35-37-39-46(49)53-43-45(44-55-57(51,52)54-42-41-48)56-47(50)40-38-36-34-32-30-28-25-18-16-14-12-10-8-6-4-2/h45H,3-44,48H2,1-2H3,(H,51,52)/t45-/m1/s1. The molecule has 0 saturated heterocycles. The highest BCUT2D eigenvalue weighted by molar-refractivity contribution is 7.47. The number of carbonyl (C=O) groups excluding carboxylic acids is 2. The minimum Gasteiger partial charge on any atom is -0.462 e. The van der Waals surface area contributed by atoms with Gasteiger partial charge in [-0.05, 0) is 12.8 Å². The van der Waals surface area contributed by atoms with E-state index in [4.69, 9.17) is 24.3 Å². The van der Waals surface area contributed by atoms with Gasteiger partial charge in [-0.15, -0.1) is 0 Å². The molecule has 0 fully saturated rings. The average molecular weight is 832 g/mol. The van der Waals surface area contributed by atoms with Crippen LogP contribution in [0.1, 0.15) is 258 Å². The van der Waals surface area contributed by atoms with Gasteiger partial charge < -0.3 is 20.1 Å². The van der Waals surface area contributed by atoms with Gasteiger partial charge in [-0.1, -0.05) is 232 Å². The Bertz CT molecular complexity index is 907. The highest BCUT2D eigenvalue weighted by Crippen LogP contribution is 2.43. The van der Waals surface area contributed by atoms with Crippen LogP contribution in [0.4, 0.5) is 0 Å². The molecule has 0 bridgehead atoms. The molecule has 0 amide bonds. The number of nitrogens with two attached hydrogens (primary N) is 1. The third-order valence-electron chi connectivity index (χ3n) is 11.0. The van der Waals surface area contributed by atoms with E-state index >= 15 is 0 Å². The third-order valence-corrected chi connectivity index (χ3v) is 12.0. The molecule has 9 nitrogen and oxygen atoms in total. The van der Waals surface area contributed by atoms with Crippen LogP contribution in [0.3, 0.4) is 0 Å². The van der Waals surface area contributed by atoms with E-state index in [-0.39, 0.29) is 38.6 Å². The van der Waals surface area contributed by atoms with Crippen molar-refractivity contribution in [3.63, 3.8) is 0 Å². The molecule has 0 aromatic rings. The van der Waals surface area contributed by atoms with Gasteiger partial charge >= 0.3 is 19.8 Å². The van der Waals surface area contributed by atoms with E-state index in [9.17, 15) is 19.0 Å². The first kappa shape index (κ1) is 56.0. The van der Waals surface area contributed by atoms with Crippen molar-refractivity contribution in [2.24, 2.45) is 5.73 Å². The van der Waals surface area contributed by atoms with Gasteiger partial charge in [-0.25, -0.2) is 4.57 Å². The van der Waals surface area contributed by atoms with E-state index in [1.807, 2.05) is 0 Å². The summed E-state index contributed by atoms with van der Waals surface area (Å²) in [7, 11) is -4.37. The summed E-state index contributed by atoms with van der Waals surface area (Å²) < 4.78 is 32.9. The lowest BCUT2D eigenvalue weighted by atomic mass is 10.0. The zero-order chi connectivity index (χ0) is 41.8. The predicted octanol–water partition coefficient (Wildman–Crippen LogP) is 14.4. The largest absolute Gasteiger partial charge is 0.472 e. The Morgan fingerprint density at radius 3 is 1.07 bits per heavy atom. The Labute approximate surface area is 352 Å². The van der Waals surface area contributed by atoms with E-state index < -0.39 is 26.5 Å². The van der Waals surface area contributed by atoms with Crippen LogP contribution in [0, 0.1) is 0 Å². The lowest BCUT2D eigenvalue weighted by molar-refractivity contribution is -0.161. The minimum atomic E-state index is -4.37. The fourth-order valence-corrected chi connectivity index (χ4v) is 8.11. The zero-order valence-corrected chi connectivity index (χ0v) is 38.5. The maximum atomic E-state index is 12.6. The molecule has 57 heavy (non-hydrogen) atoms. The Balaban J connectivity index is 3.99. The molecule has 0 aromatic carbocycles. The van der Waals surface area contributed by atoms with Gasteiger partial charge in [-0.3, -0.25) is 18.6 Å². The first-order valence-corrected chi connectivity index (χ1v) is 26.0. The van der Waals surface area contributed by atoms with Crippen molar-refractivity contribution in [3.05, 3.63) is 0 Å². The number of carbonyl (C=O) groups is 2. The minimum absolute atomic E-state index is 0.0583. The summed E-state index contributed by atoms with van der Waals surface area (Å²) in [5.41, 5.74) is 5.36. The summed E-state index contributed by atoms with van der Waals surface area (Å²) in [5, 5.41) is 0. The van der Waals surface area contributed by atoms with Crippen molar-refractivity contribution in [1.82, 2.24) is 0 Å². The first-order valence-electron chi connectivity index (χ1n) is 24.5. The number of hydrogen-bond donors (Lipinski definition) is 2. The fraction of sp³-hybridized carbons (Fsp3) is 0.957. The number of unbranched alkanes of at least 4 members (excludes halogenated alkanes) is 34. The summed E-state index contributed by atoms with van der Waals surface area (Å²) in [5.74, 6) is -0.808. The first-order chi connectivity index (χ1) is 27.8. The van der Waals surface area contributed by atoms with E-state index in [0.29, 0.717) is 6.42 Å². The molecule has 0 aliphatic heterocycles. The Morgan fingerprint density at radius 2 is 0.754 bits per heavy atom. The van der Waals surface area contributed by atoms with Gasteiger partial charge in [0.2, 0.25) is 0 Å². The highest BCUT2D eigenvalue weighted by atomic mass is 31.2. The van der Waals surface area contributed by atoms with E-state index in [0.717, 1.165) is 32.1 Å². The van der Waals surface area contributed by atoms with E-state index in [1.54, 1.807) is 0 Å². The van der Waals surface area contributed by atoms with Gasteiger partial charge in [0.15, 0.2) is 6.10 Å². The second-order valence-corrected chi connectivity index (χ2v) is 18.2. The number of phosphoric acid groups is 1. The molecule has 0 radical (unpaired) electrons. The van der Waals surface area contributed by atoms with Crippen LogP contribution in [-0.2, 0) is 32.7 Å². The molecule has 2 atom stereocenters. The van der Waals surface area contributed by atoms with Crippen molar-refractivity contribution in [3.8, 4) is 0 Å². The Kier molecular flexibility index (Phi) is 43.8. The molecule has 0 aliphatic carbocycles. The molecule has 0 aromatic heterocycles. The van der Waals surface area contributed by atoms with Crippen LogP contribution in [0.2, 0.25) is 0 Å². The number of hydrogen-bond acceptors (Lipinski definition) is 8. The van der Waals surface area contributed by atoms with Crippen molar-refractivity contribution < 1.29 is 37.6 Å². The number of phosphoric ester groups is 1. The van der Waals surface area contributed by atoms with Crippen LogP contribution in [0.25, 0.3) is 0 Å². The van der Waals surface area contributed by atoms with Crippen molar-refractivity contribution in [1.29, 1.82) is 0 Å². The normalized spacial score (nSPS) is 13.1. The van der Waals surface area contributed by atoms with Crippen LogP contribution in [0.5, 0.6) is 0 Å². The van der Waals surface area contributed by atoms with Crippen molar-refractivity contribution >= 4 is 19.8 Å². The molecule has 0 heterocycles. The van der Waals surface area contributed by atoms with Crippen LogP contribution >= 0.6 is 7.82 Å². The number of esters is 2. The quantitative estimate of drug-likeness (QED) is 0.0349. The smallest absolute Gasteiger partial charge is 0.462 e. The summed E-state index contributed by atoms with van der Waals surface area (Å²) in [6, 6.07) is 0. The molecule has 1 unspecified atom stereocenters.